The number of carbonyl (C=O) groups excluding carboxylic acids is 1. The summed E-state index contributed by atoms with van der Waals surface area (Å²) in [7, 11) is 0. The Morgan fingerprint density at radius 2 is 1.86 bits per heavy atom. The molecular formula is C29H32N6O2. The van der Waals surface area contributed by atoms with E-state index < -0.39 is 0 Å². The van der Waals surface area contributed by atoms with Crippen LogP contribution >= 0.6 is 0 Å². The molecule has 2 saturated heterocycles. The Morgan fingerprint density at radius 1 is 1.03 bits per heavy atom. The number of H-pyrrole nitrogens is 1. The van der Waals surface area contributed by atoms with E-state index in [1.807, 2.05) is 37.4 Å². The van der Waals surface area contributed by atoms with Crippen LogP contribution in [0.2, 0.25) is 0 Å². The van der Waals surface area contributed by atoms with Crippen LogP contribution in [0, 0.1) is 12.8 Å². The number of aromatic amines is 1. The summed E-state index contributed by atoms with van der Waals surface area (Å²) in [4.78, 5) is 32.3. The van der Waals surface area contributed by atoms with Gasteiger partial charge in [-0.3, -0.25) is 14.8 Å². The fraction of sp³-hybridized carbons (Fsp3) is 0.379. The number of pyridine rings is 2. The second kappa shape index (κ2) is 10.3. The molecule has 3 aromatic heterocycles. The van der Waals surface area contributed by atoms with Crippen LogP contribution in [0.1, 0.15) is 31.4 Å². The lowest BCUT2D eigenvalue weighted by Crippen LogP contribution is -2.39. The Kier molecular flexibility index (Phi) is 6.57. The summed E-state index contributed by atoms with van der Waals surface area (Å²) in [6.45, 7) is 5.49. The standard InChI is InChI=1S/C29H32N6O2/c1-19-3-2-4-26(34-19)28-27(32-18-33-28)21-5-6-25-22(15-21)16-23(17-31-25)35-13-9-20(10-14-35)29(36)37-24-7-11-30-12-8-24/h2-6,15-18,20,24,30H,7-14H2,1H3,(H,32,33). The second-order valence-corrected chi connectivity index (χ2v) is 10.0. The Balaban J connectivity index is 1.17. The molecule has 37 heavy (non-hydrogen) atoms. The van der Waals surface area contributed by atoms with Gasteiger partial charge in [-0.1, -0.05) is 12.1 Å². The van der Waals surface area contributed by atoms with Crippen molar-refractivity contribution in [2.45, 2.75) is 38.7 Å². The normalized spacial score (nSPS) is 17.3. The highest BCUT2D eigenvalue weighted by Gasteiger charge is 2.29. The second-order valence-electron chi connectivity index (χ2n) is 10.0. The van der Waals surface area contributed by atoms with E-state index in [0.29, 0.717) is 0 Å². The van der Waals surface area contributed by atoms with Crippen molar-refractivity contribution in [2.24, 2.45) is 5.92 Å². The summed E-state index contributed by atoms with van der Waals surface area (Å²) in [6, 6.07) is 14.4. The molecule has 0 amide bonds. The number of hydrogen-bond donors (Lipinski definition) is 2. The molecule has 0 aliphatic carbocycles. The highest BCUT2D eigenvalue weighted by molar-refractivity contribution is 5.88. The lowest BCUT2D eigenvalue weighted by atomic mass is 9.96. The third-order valence-electron chi connectivity index (χ3n) is 7.49. The minimum atomic E-state index is -0.0225. The van der Waals surface area contributed by atoms with E-state index in [2.05, 4.69) is 43.4 Å². The van der Waals surface area contributed by atoms with Crippen LogP contribution in [-0.2, 0) is 9.53 Å². The number of ether oxygens (including phenoxy) is 1. The van der Waals surface area contributed by atoms with Crippen LogP contribution < -0.4 is 10.2 Å². The first-order valence-electron chi connectivity index (χ1n) is 13.2. The Hall–Kier alpha value is -3.78. The average Bonchev–Trinajstić information content (AvgIpc) is 3.43. The number of nitrogens with zero attached hydrogens (tertiary/aromatic N) is 4. The summed E-state index contributed by atoms with van der Waals surface area (Å²) in [5.41, 5.74) is 6.67. The molecular weight excluding hydrogens is 464 g/mol. The van der Waals surface area contributed by atoms with E-state index in [9.17, 15) is 4.79 Å². The van der Waals surface area contributed by atoms with Gasteiger partial charge >= 0.3 is 5.97 Å². The van der Waals surface area contributed by atoms with Gasteiger partial charge in [0.25, 0.3) is 0 Å². The molecule has 2 fully saturated rings. The lowest BCUT2D eigenvalue weighted by molar-refractivity contribution is -0.155. The van der Waals surface area contributed by atoms with Crippen molar-refractivity contribution in [3.63, 3.8) is 0 Å². The molecule has 2 N–H and O–H groups in total. The van der Waals surface area contributed by atoms with Crippen LogP contribution in [0.4, 0.5) is 5.69 Å². The van der Waals surface area contributed by atoms with E-state index in [-0.39, 0.29) is 18.0 Å². The molecule has 0 atom stereocenters. The van der Waals surface area contributed by atoms with E-state index in [4.69, 9.17) is 9.72 Å². The van der Waals surface area contributed by atoms with Gasteiger partial charge in [-0.05, 0) is 76.0 Å². The van der Waals surface area contributed by atoms with Crippen LogP contribution in [0.3, 0.4) is 0 Å². The Morgan fingerprint density at radius 3 is 2.68 bits per heavy atom. The number of benzene rings is 1. The van der Waals surface area contributed by atoms with Gasteiger partial charge in [-0.2, -0.15) is 0 Å². The van der Waals surface area contributed by atoms with Crippen LogP contribution in [-0.4, -0.2) is 58.2 Å². The van der Waals surface area contributed by atoms with Crippen LogP contribution in [0.5, 0.6) is 0 Å². The van der Waals surface area contributed by atoms with E-state index in [0.717, 1.165) is 96.8 Å². The van der Waals surface area contributed by atoms with Crippen LogP contribution in [0.15, 0.2) is 55.0 Å². The number of nitrogens with one attached hydrogen (secondary N) is 2. The Bertz CT molecular complexity index is 1400. The zero-order valence-electron chi connectivity index (χ0n) is 21.1. The largest absolute Gasteiger partial charge is 0.462 e. The van der Waals surface area contributed by atoms with Crippen molar-refractivity contribution in [3.05, 3.63) is 60.7 Å². The van der Waals surface area contributed by atoms with Crippen molar-refractivity contribution in [1.29, 1.82) is 0 Å². The molecule has 0 bridgehead atoms. The molecule has 6 rings (SSSR count). The molecule has 0 radical (unpaired) electrons. The summed E-state index contributed by atoms with van der Waals surface area (Å²) >= 11 is 0. The van der Waals surface area contributed by atoms with Gasteiger partial charge in [0.15, 0.2) is 0 Å². The maximum Gasteiger partial charge on any atom is 0.309 e. The summed E-state index contributed by atoms with van der Waals surface area (Å²) in [5.74, 6) is -0.0368. The third kappa shape index (κ3) is 5.06. The van der Waals surface area contributed by atoms with E-state index in [1.54, 1.807) is 6.33 Å². The summed E-state index contributed by atoms with van der Waals surface area (Å²) < 4.78 is 5.80. The van der Waals surface area contributed by atoms with Gasteiger partial charge in [0, 0.05) is 29.7 Å². The number of fused-ring (bicyclic) bond motifs is 1. The molecule has 0 unspecified atom stereocenters. The fourth-order valence-electron chi connectivity index (χ4n) is 5.38. The van der Waals surface area contributed by atoms with Gasteiger partial charge in [0.2, 0.25) is 0 Å². The first-order valence-corrected chi connectivity index (χ1v) is 13.2. The predicted octanol–water partition coefficient (Wildman–Crippen LogP) is 4.51. The van der Waals surface area contributed by atoms with Gasteiger partial charge in [0.05, 0.1) is 46.7 Å². The molecule has 2 aliphatic heterocycles. The van der Waals surface area contributed by atoms with Gasteiger partial charge < -0.3 is 19.9 Å². The quantitative estimate of drug-likeness (QED) is 0.393. The molecule has 2 aliphatic rings. The molecule has 8 nitrogen and oxygen atoms in total. The number of hydrogen-bond acceptors (Lipinski definition) is 7. The monoisotopic (exact) mass is 496 g/mol. The maximum absolute atomic E-state index is 12.7. The molecule has 8 heteroatoms. The highest BCUT2D eigenvalue weighted by Crippen LogP contribution is 2.32. The number of rotatable bonds is 5. The van der Waals surface area contributed by atoms with Crippen molar-refractivity contribution in [2.75, 3.05) is 31.1 Å². The summed E-state index contributed by atoms with van der Waals surface area (Å²) in [5, 5.41) is 4.38. The minimum Gasteiger partial charge on any atom is -0.462 e. The molecule has 5 heterocycles. The molecule has 0 saturated carbocycles. The first kappa shape index (κ1) is 23.6. The summed E-state index contributed by atoms with van der Waals surface area (Å²) in [6.07, 6.45) is 7.17. The number of esters is 1. The smallest absolute Gasteiger partial charge is 0.309 e. The number of aryl methyl sites for hydroxylation is 1. The molecule has 190 valence electrons. The van der Waals surface area contributed by atoms with E-state index >= 15 is 0 Å². The topological polar surface area (TPSA) is 96.0 Å². The fourth-order valence-corrected chi connectivity index (χ4v) is 5.38. The maximum atomic E-state index is 12.7. The molecule has 4 aromatic rings. The number of anilines is 1. The predicted molar refractivity (Wildman–Crippen MR) is 144 cm³/mol. The zero-order valence-corrected chi connectivity index (χ0v) is 21.1. The van der Waals surface area contributed by atoms with Gasteiger partial charge in [-0.15, -0.1) is 0 Å². The van der Waals surface area contributed by atoms with Crippen molar-refractivity contribution >= 4 is 22.6 Å². The van der Waals surface area contributed by atoms with Crippen molar-refractivity contribution < 1.29 is 9.53 Å². The number of carbonyl (C=O) groups is 1. The third-order valence-corrected chi connectivity index (χ3v) is 7.49. The number of aromatic nitrogens is 4. The molecule has 0 spiro atoms. The SMILES string of the molecule is Cc1cccc(-c2[nH]cnc2-c2ccc3ncc(N4CCC(C(=O)OC5CCNCC5)CC4)cc3c2)n1. The van der Waals surface area contributed by atoms with E-state index in [1.165, 1.54) is 0 Å². The minimum absolute atomic E-state index is 0.0144. The van der Waals surface area contributed by atoms with Crippen LogP contribution in [0.25, 0.3) is 33.5 Å². The molecule has 1 aromatic carbocycles. The van der Waals surface area contributed by atoms with Gasteiger partial charge in [-0.25, -0.2) is 4.98 Å². The number of piperidine rings is 2. The Labute approximate surface area is 216 Å². The van der Waals surface area contributed by atoms with Gasteiger partial charge in [0.1, 0.15) is 6.10 Å². The van der Waals surface area contributed by atoms with Crippen molar-refractivity contribution in [1.82, 2.24) is 25.3 Å². The lowest BCUT2D eigenvalue weighted by Gasteiger charge is -2.33. The average molecular weight is 497 g/mol. The zero-order chi connectivity index (χ0) is 25.2. The number of imidazole rings is 1. The van der Waals surface area contributed by atoms with Crippen molar-refractivity contribution in [3.8, 4) is 22.6 Å². The first-order chi connectivity index (χ1) is 18.1. The highest BCUT2D eigenvalue weighted by atomic mass is 16.5.